The van der Waals surface area contributed by atoms with Crippen LogP contribution in [0.5, 0.6) is 0 Å². The lowest BCUT2D eigenvalue weighted by atomic mass is 10.1. The van der Waals surface area contributed by atoms with E-state index in [1.165, 1.54) is 5.56 Å². The molecule has 0 aromatic heterocycles. The molecule has 2 fully saturated rings. The van der Waals surface area contributed by atoms with E-state index in [1.807, 2.05) is 47.4 Å². The number of morpholine rings is 1. The fraction of sp³-hybridized carbons (Fsp3) is 0.417. The van der Waals surface area contributed by atoms with Crippen LogP contribution in [0.3, 0.4) is 0 Å². The Morgan fingerprint density at radius 2 is 1.77 bits per heavy atom. The molecule has 0 bridgehead atoms. The van der Waals surface area contributed by atoms with Crippen LogP contribution in [0.2, 0.25) is 0 Å². The van der Waals surface area contributed by atoms with Gasteiger partial charge in [0.2, 0.25) is 5.91 Å². The maximum absolute atomic E-state index is 12.5. The largest absolute Gasteiger partial charge is 0.379 e. The molecule has 4 rings (SSSR count). The van der Waals surface area contributed by atoms with Crippen LogP contribution in [0.25, 0.3) is 0 Å². The Labute approximate surface area is 187 Å². The third-order valence-corrected chi connectivity index (χ3v) is 6.98. The zero-order chi connectivity index (χ0) is 21.5. The van der Waals surface area contributed by atoms with Crippen LogP contribution < -0.4 is 5.32 Å². The van der Waals surface area contributed by atoms with Crippen molar-refractivity contribution >= 4 is 23.6 Å². The first kappa shape index (κ1) is 21.9. The molecule has 2 aliphatic heterocycles. The Morgan fingerprint density at radius 1 is 1.03 bits per heavy atom. The molecule has 0 radical (unpaired) electrons. The van der Waals surface area contributed by atoms with Gasteiger partial charge in [-0.1, -0.05) is 42.5 Å². The summed E-state index contributed by atoms with van der Waals surface area (Å²) < 4.78 is 5.35. The normalized spacial score (nSPS) is 19.5. The summed E-state index contributed by atoms with van der Waals surface area (Å²) in [7, 11) is 0. The molecule has 2 aliphatic rings. The van der Waals surface area contributed by atoms with Gasteiger partial charge in [0.25, 0.3) is 5.91 Å². The predicted octanol–water partition coefficient (Wildman–Crippen LogP) is 2.57. The molecule has 164 valence electrons. The number of ether oxygens (including phenoxy) is 1. The van der Waals surface area contributed by atoms with Crippen LogP contribution >= 0.6 is 11.8 Å². The minimum absolute atomic E-state index is 0.00893. The van der Waals surface area contributed by atoms with Crippen molar-refractivity contribution in [1.82, 2.24) is 15.1 Å². The number of nitrogens with one attached hydrogen (secondary N) is 1. The molecule has 2 aromatic carbocycles. The number of amides is 2. The number of thioether (sulfide) groups is 1. The van der Waals surface area contributed by atoms with E-state index >= 15 is 0 Å². The van der Waals surface area contributed by atoms with Gasteiger partial charge in [0, 0.05) is 38.3 Å². The van der Waals surface area contributed by atoms with E-state index < -0.39 is 0 Å². The van der Waals surface area contributed by atoms with Crippen molar-refractivity contribution in [3.05, 3.63) is 71.3 Å². The maximum atomic E-state index is 12.5. The van der Waals surface area contributed by atoms with Gasteiger partial charge in [-0.25, -0.2) is 0 Å². The number of hydrogen-bond acceptors (Lipinski definition) is 5. The Morgan fingerprint density at radius 3 is 2.52 bits per heavy atom. The summed E-state index contributed by atoms with van der Waals surface area (Å²) in [5, 5.41) is 3.01. The number of nitrogens with zero attached hydrogens (tertiary/aromatic N) is 2. The average molecular weight is 440 g/mol. The molecule has 2 amide bonds. The summed E-state index contributed by atoms with van der Waals surface area (Å²) in [4.78, 5) is 29.2. The lowest BCUT2D eigenvalue weighted by Gasteiger charge is -2.26. The van der Waals surface area contributed by atoms with Crippen LogP contribution in [-0.2, 0) is 16.0 Å². The molecular weight excluding hydrogens is 410 g/mol. The summed E-state index contributed by atoms with van der Waals surface area (Å²) in [5.74, 6) is 0.621. The van der Waals surface area contributed by atoms with Crippen molar-refractivity contribution in [2.45, 2.75) is 11.8 Å². The van der Waals surface area contributed by atoms with E-state index in [0.717, 1.165) is 44.8 Å². The number of carbonyl (C=O) groups is 2. The van der Waals surface area contributed by atoms with E-state index in [2.05, 4.69) is 22.3 Å². The third kappa shape index (κ3) is 5.87. The molecule has 31 heavy (non-hydrogen) atoms. The molecule has 7 heteroatoms. The second-order valence-corrected chi connectivity index (χ2v) is 8.89. The highest BCUT2D eigenvalue weighted by Gasteiger charge is 2.32. The number of benzene rings is 2. The van der Waals surface area contributed by atoms with E-state index in [9.17, 15) is 9.59 Å². The monoisotopic (exact) mass is 439 g/mol. The van der Waals surface area contributed by atoms with Crippen LogP contribution in [0.1, 0.15) is 26.9 Å². The smallest absolute Gasteiger partial charge is 0.251 e. The van der Waals surface area contributed by atoms with E-state index in [4.69, 9.17) is 4.74 Å². The Bertz CT molecular complexity index is 869. The van der Waals surface area contributed by atoms with Crippen LogP contribution in [0.4, 0.5) is 0 Å². The van der Waals surface area contributed by atoms with E-state index in [1.54, 1.807) is 11.8 Å². The second kappa shape index (κ2) is 10.8. The number of rotatable bonds is 8. The lowest BCUT2D eigenvalue weighted by Crippen LogP contribution is -2.41. The fourth-order valence-electron chi connectivity index (χ4n) is 3.92. The molecule has 0 aliphatic carbocycles. The Hall–Kier alpha value is -2.35. The highest BCUT2D eigenvalue weighted by Crippen LogP contribution is 2.38. The molecular formula is C24H29N3O3S. The molecule has 0 saturated carbocycles. The lowest BCUT2D eigenvalue weighted by molar-refractivity contribution is -0.128. The summed E-state index contributed by atoms with van der Waals surface area (Å²) in [5.41, 5.74) is 2.94. The topological polar surface area (TPSA) is 61.9 Å². The van der Waals surface area contributed by atoms with Crippen molar-refractivity contribution in [2.75, 3.05) is 51.7 Å². The van der Waals surface area contributed by atoms with Crippen molar-refractivity contribution in [2.24, 2.45) is 0 Å². The Kier molecular flexibility index (Phi) is 7.61. The summed E-state index contributed by atoms with van der Waals surface area (Å²) in [6.07, 6.45) is 0.841. The van der Waals surface area contributed by atoms with Crippen LogP contribution in [0.15, 0.2) is 54.6 Å². The summed E-state index contributed by atoms with van der Waals surface area (Å²) in [6.45, 7) is 5.53. The van der Waals surface area contributed by atoms with Gasteiger partial charge in [0.15, 0.2) is 0 Å². The van der Waals surface area contributed by atoms with Gasteiger partial charge in [0.1, 0.15) is 5.37 Å². The second-order valence-electron chi connectivity index (χ2n) is 7.82. The first-order valence-corrected chi connectivity index (χ1v) is 11.9. The average Bonchev–Trinajstić information content (AvgIpc) is 3.19. The summed E-state index contributed by atoms with van der Waals surface area (Å²) in [6, 6.07) is 17.9. The van der Waals surface area contributed by atoms with Gasteiger partial charge in [0.05, 0.1) is 19.0 Å². The van der Waals surface area contributed by atoms with Gasteiger partial charge in [-0.2, -0.15) is 0 Å². The zero-order valence-electron chi connectivity index (χ0n) is 17.7. The molecule has 1 atom stereocenters. The van der Waals surface area contributed by atoms with Crippen LogP contribution in [0, 0.1) is 0 Å². The van der Waals surface area contributed by atoms with Crippen molar-refractivity contribution in [1.29, 1.82) is 0 Å². The first-order valence-electron chi connectivity index (χ1n) is 10.8. The molecule has 2 saturated heterocycles. The van der Waals surface area contributed by atoms with Gasteiger partial charge in [-0.3, -0.25) is 14.5 Å². The van der Waals surface area contributed by atoms with Crippen molar-refractivity contribution < 1.29 is 14.3 Å². The number of carbonyl (C=O) groups excluding carboxylic acids is 2. The SMILES string of the molecule is O=C(NCCN1CCOCC1)c1ccc([C@H]2SCC(=O)N2CCc2ccccc2)cc1. The molecule has 2 aromatic rings. The van der Waals surface area contributed by atoms with Gasteiger partial charge < -0.3 is 15.0 Å². The first-order chi connectivity index (χ1) is 15.2. The molecule has 6 nitrogen and oxygen atoms in total. The maximum Gasteiger partial charge on any atom is 0.251 e. The van der Waals surface area contributed by atoms with Crippen LogP contribution in [-0.4, -0.2) is 73.3 Å². The number of hydrogen-bond donors (Lipinski definition) is 1. The van der Waals surface area contributed by atoms with Gasteiger partial charge in [-0.15, -0.1) is 11.8 Å². The Balaban J connectivity index is 1.30. The molecule has 0 spiro atoms. The minimum Gasteiger partial charge on any atom is -0.379 e. The zero-order valence-corrected chi connectivity index (χ0v) is 18.5. The molecule has 1 N–H and O–H groups in total. The highest BCUT2D eigenvalue weighted by molar-refractivity contribution is 8.00. The fourth-order valence-corrected chi connectivity index (χ4v) is 5.14. The third-order valence-electron chi connectivity index (χ3n) is 5.73. The molecule has 0 unspecified atom stereocenters. The minimum atomic E-state index is -0.0594. The summed E-state index contributed by atoms with van der Waals surface area (Å²) >= 11 is 1.65. The van der Waals surface area contributed by atoms with Gasteiger partial charge >= 0.3 is 0 Å². The van der Waals surface area contributed by atoms with Crippen molar-refractivity contribution in [3.8, 4) is 0 Å². The van der Waals surface area contributed by atoms with E-state index in [0.29, 0.717) is 24.4 Å². The highest BCUT2D eigenvalue weighted by atomic mass is 32.2. The molecule has 2 heterocycles. The quantitative estimate of drug-likeness (QED) is 0.685. The van der Waals surface area contributed by atoms with Gasteiger partial charge in [-0.05, 0) is 29.7 Å². The van der Waals surface area contributed by atoms with E-state index in [-0.39, 0.29) is 17.2 Å². The van der Waals surface area contributed by atoms with Crippen molar-refractivity contribution in [3.63, 3.8) is 0 Å². The standard InChI is InChI=1S/C24H29N3O3S/c28-22-18-31-24(27(22)12-10-19-4-2-1-3-5-19)21-8-6-20(7-9-21)23(29)25-11-13-26-14-16-30-17-15-26/h1-9,24H,10-18H2,(H,25,29)/t24-/m1/s1. The predicted molar refractivity (Wildman–Crippen MR) is 123 cm³/mol.